The van der Waals surface area contributed by atoms with Crippen LogP contribution in [0.5, 0.6) is 0 Å². The van der Waals surface area contributed by atoms with Gasteiger partial charge in [0.2, 0.25) is 0 Å². The Labute approximate surface area is 94.8 Å². The van der Waals surface area contributed by atoms with E-state index in [2.05, 4.69) is 42.8 Å². The lowest BCUT2D eigenvalue weighted by atomic mass is 10.0. The minimum Gasteiger partial charge on any atom is -0.314 e. The van der Waals surface area contributed by atoms with Crippen molar-refractivity contribution in [2.24, 2.45) is 0 Å². The molecule has 0 aromatic rings. The number of likely N-dealkylation sites (N-methyl/N-ethyl adjacent to an activating group) is 2. The van der Waals surface area contributed by atoms with Crippen LogP contribution in [0.15, 0.2) is 0 Å². The van der Waals surface area contributed by atoms with Gasteiger partial charge >= 0.3 is 0 Å². The van der Waals surface area contributed by atoms with Crippen LogP contribution < -0.4 is 5.32 Å². The summed E-state index contributed by atoms with van der Waals surface area (Å²) in [6.07, 6.45) is 0. The quantitative estimate of drug-likeness (QED) is 0.752. The Hall–Kier alpha value is -0.120. The molecule has 0 aromatic carbocycles. The van der Waals surface area contributed by atoms with E-state index in [4.69, 9.17) is 0 Å². The van der Waals surface area contributed by atoms with Crippen LogP contribution in [0, 0.1) is 0 Å². The standard InChI is InChI=1S/C12H27N3/c1-6-15-8-7-14(9-11(15)2)10-12(3,4)13-5/h11,13H,6-10H2,1-5H3. The smallest absolute Gasteiger partial charge is 0.0249 e. The fourth-order valence-corrected chi connectivity index (χ4v) is 2.32. The molecule has 0 spiro atoms. The molecule has 1 aliphatic rings. The van der Waals surface area contributed by atoms with E-state index in [1.54, 1.807) is 0 Å². The summed E-state index contributed by atoms with van der Waals surface area (Å²) < 4.78 is 0. The van der Waals surface area contributed by atoms with Crippen LogP contribution in [0.2, 0.25) is 0 Å². The van der Waals surface area contributed by atoms with Gasteiger partial charge < -0.3 is 5.32 Å². The number of nitrogens with zero attached hydrogens (tertiary/aromatic N) is 2. The minimum absolute atomic E-state index is 0.230. The maximum absolute atomic E-state index is 3.37. The van der Waals surface area contributed by atoms with Gasteiger partial charge in [-0.15, -0.1) is 0 Å². The molecule has 1 rings (SSSR count). The monoisotopic (exact) mass is 213 g/mol. The molecule has 3 nitrogen and oxygen atoms in total. The predicted octanol–water partition coefficient (Wildman–Crippen LogP) is 1.01. The van der Waals surface area contributed by atoms with Crippen molar-refractivity contribution in [2.75, 3.05) is 39.8 Å². The van der Waals surface area contributed by atoms with Crippen molar-refractivity contribution in [3.63, 3.8) is 0 Å². The third kappa shape index (κ3) is 3.74. The maximum Gasteiger partial charge on any atom is 0.0249 e. The highest BCUT2D eigenvalue weighted by atomic mass is 15.3. The van der Waals surface area contributed by atoms with Gasteiger partial charge in [0.25, 0.3) is 0 Å². The molecule has 1 saturated heterocycles. The summed E-state index contributed by atoms with van der Waals surface area (Å²) in [5, 5.41) is 3.37. The highest BCUT2D eigenvalue weighted by Crippen LogP contribution is 2.12. The highest BCUT2D eigenvalue weighted by Gasteiger charge is 2.26. The van der Waals surface area contributed by atoms with Crippen LogP contribution in [0.4, 0.5) is 0 Å². The van der Waals surface area contributed by atoms with Crippen LogP contribution in [0.25, 0.3) is 0 Å². The normalized spacial score (nSPS) is 25.8. The Balaban J connectivity index is 2.41. The fraction of sp³-hybridized carbons (Fsp3) is 1.00. The second-order valence-corrected chi connectivity index (χ2v) is 5.35. The van der Waals surface area contributed by atoms with Gasteiger partial charge in [-0.25, -0.2) is 0 Å². The van der Waals surface area contributed by atoms with E-state index < -0.39 is 0 Å². The van der Waals surface area contributed by atoms with E-state index in [1.807, 2.05) is 7.05 Å². The van der Waals surface area contributed by atoms with Crippen molar-refractivity contribution < 1.29 is 0 Å². The van der Waals surface area contributed by atoms with Gasteiger partial charge in [-0.2, -0.15) is 0 Å². The van der Waals surface area contributed by atoms with Crippen molar-refractivity contribution in [1.29, 1.82) is 0 Å². The molecule has 1 fully saturated rings. The number of hydrogen-bond acceptors (Lipinski definition) is 3. The predicted molar refractivity (Wildman–Crippen MR) is 66.3 cm³/mol. The van der Waals surface area contributed by atoms with Gasteiger partial charge in [-0.05, 0) is 34.4 Å². The van der Waals surface area contributed by atoms with Crippen LogP contribution >= 0.6 is 0 Å². The van der Waals surface area contributed by atoms with E-state index in [1.165, 1.54) is 26.2 Å². The average molecular weight is 213 g/mol. The van der Waals surface area contributed by atoms with E-state index in [-0.39, 0.29) is 5.54 Å². The molecule has 15 heavy (non-hydrogen) atoms. The molecule has 0 aromatic heterocycles. The van der Waals surface area contributed by atoms with Gasteiger partial charge in [0, 0.05) is 37.8 Å². The van der Waals surface area contributed by atoms with Crippen molar-refractivity contribution in [3.8, 4) is 0 Å². The van der Waals surface area contributed by atoms with Crippen molar-refractivity contribution in [1.82, 2.24) is 15.1 Å². The molecule has 0 saturated carbocycles. The molecule has 0 bridgehead atoms. The molecular weight excluding hydrogens is 186 g/mol. The minimum atomic E-state index is 0.230. The molecule has 0 amide bonds. The van der Waals surface area contributed by atoms with Gasteiger partial charge in [-0.3, -0.25) is 9.80 Å². The second kappa shape index (κ2) is 5.28. The van der Waals surface area contributed by atoms with E-state index in [0.717, 1.165) is 6.54 Å². The Morgan fingerprint density at radius 2 is 2.00 bits per heavy atom. The van der Waals surface area contributed by atoms with Crippen molar-refractivity contribution >= 4 is 0 Å². The number of piperazine rings is 1. The molecule has 0 aliphatic carbocycles. The Morgan fingerprint density at radius 3 is 2.47 bits per heavy atom. The SMILES string of the molecule is CCN1CCN(CC(C)(C)NC)CC1C. The zero-order chi connectivity index (χ0) is 11.5. The van der Waals surface area contributed by atoms with E-state index in [9.17, 15) is 0 Å². The topological polar surface area (TPSA) is 18.5 Å². The number of rotatable bonds is 4. The van der Waals surface area contributed by atoms with E-state index >= 15 is 0 Å². The first-order valence-corrected chi connectivity index (χ1v) is 6.14. The van der Waals surface area contributed by atoms with Gasteiger partial charge in [0.15, 0.2) is 0 Å². The summed E-state index contributed by atoms with van der Waals surface area (Å²) in [5.74, 6) is 0. The van der Waals surface area contributed by atoms with Gasteiger partial charge in [-0.1, -0.05) is 6.92 Å². The van der Waals surface area contributed by atoms with Crippen LogP contribution in [0.3, 0.4) is 0 Å². The summed E-state index contributed by atoms with van der Waals surface area (Å²) in [4.78, 5) is 5.14. The molecule has 1 aliphatic heterocycles. The molecule has 1 heterocycles. The first-order chi connectivity index (χ1) is 6.98. The molecule has 0 radical (unpaired) electrons. The van der Waals surface area contributed by atoms with Crippen LogP contribution in [-0.2, 0) is 0 Å². The summed E-state index contributed by atoms with van der Waals surface area (Å²) in [5.41, 5.74) is 0.230. The summed E-state index contributed by atoms with van der Waals surface area (Å²) in [7, 11) is 2.05. The van der Waals surface area contributed by atoms with Gasteiger partial charge in [0.05, 0.1) is 0 Å². The third-order valence-electron chi connectivity index (χ3n) is 3.55. The first-order valence-electron chi connectivity index (χ1n) is 6.14. The van der Waals surface area contributed by atoms with Gasteiger partial charge in [0.1, 0.15) is 0 Å². The fourth-order valence-electron chi connectivity index (χ4n) is 2.32. The maximum atomic E-state index is 3.37. The molecule has 3 heteroatoms. The summed E-state index contributed by atoms with van der Waals surface area (Å²) >= 11 is 0. The summed E-state index contributed by atoms with van der Waals surface area (Å²) in [6, 6.07) is 0.705. The highest BCUT2D eigenvalue weighted by molar-refractivity contribution is 4.85. The van der Waals surface area contributed by atoms with Crippen molar-refractivity contribution in [2.45, 2.75) is 39.3 Å². The van der Waals surface area contributed by atoms with E-state index in [0.29, 0.717) is 6.04 Å². The lowest BCUT2D eigenvalue weighted by molar-refractivity contribution is 0.0722. The molecule has 1 atom stereocenters. The Kier molecular flexibility index (Phi) is 4.56. The largest absolute Gasteiger partial charge is 0.314 e. The Morgan fingerprint density at radius 1 is 1.33 bits per heavy atom. The van der Waals surface area contributed by atoms with Crippen molar-refractivity contribution in [3.05, 3.63) is 0 Å². The lowest BCUT2D eigenvalue weighted by Gasteiger charge is -2.42. The molecule has 1 N–H and O–H groups in total. The summed E-state index contributed by atoms with van der Waals surface area (Å²) in [6.45, 7) is 15.1. The molecule has 1 unspecified atom stereocenters. The molecular formula is C12H27N3. The first kappa shape index (κ1) is 12.9. The van der Waals surface area contributed by atoms with Crippen LogP contribution in [0.1, 0.15) is 27.7 Å². The zero-order valence-corrected chi connectivity index (χ0v) is 11.0. The number of nitrogens with one attached hydrogen (secondary N) is 1. The number of hydrogen-bond donors (Lipinski definition) is 1. The average Bonchev–Trinajstić information content (AvgIpc) is 2.17. The van der Waals surface area contributed by atoms with Crippen LogP contribution in [-0.4, -0.2) is 61.2 Å². The lowest BCUT2D eigenvalue weighted by Crippen LogP contribution is -2.56. The molecule has 90 valence electrons. The Bertz CT molecular complexity index is 191. The third-order valence-corrected chi connectivity index (χ3v) is 3.55. The zero-order valence-electron chi connectivity index (χ0n) is 11.0. The second-order valence-electron chi connectivity index (χ2n) is 5.35.